The van der Waals surface area contributed by atoms with Crippen LogP contribution in [-0.4, -0.2) is 42.6 Å². The van der Waals surface area contributed by atoms with Crippen LogP contribution >= 0.6 is 0 Å². The second-order valence-corrected chi connectivity index (χ2v) is 9.44. The summed E-state index contributed by atoms with van der Waals surface area (Å²) in [5.41, 5.74) is 4.06. The molecule has 1 spiro atoms. The van der Waals surface area contributed by atoms with E-state index in [9.17, 15) is 4.79 Å². The number of anilines is 1. The van der Waals surface area contributed by atoms with Crippen LogP contribution in [-0.2, 0) is 5.41 Å². The van der Waals surface area contributed by atoms with E-state index in [0.717, 1.165) is 31.1 Å². The van der Waals surface area contributed by atoms with Crippen molar-refractivity contribution in [3.8, 4) is 0 Å². The number of carbonyl (C=O) groups excluding carboxylic acids is 1. The summed E-state index contributed by atoms with van der Waals surface area (Å²) < 4.78 is 0. The quantitative estimate of drug-likeness (QED) is 0.843. The van der Waals surface area contributed by atoms with E-state index in [2.05, 4.69) is 40.2 Å². The maximum Gasteiger partial charge on any atom is 0.322 e. The molecule has 1 aromatic carbocycles. The molecule has 4 nitrogen and oxygen atoms in total. The molecule has 2 heterocycles. The topological polar surface area (TPSA) is 35.6 Å². The van der Waals surface area contributed by atoms with Crippen molar-refractivity contribution in [1.82, 2.24) is 10.2 Å². The van der Waals surface area contributed by atoms with Gasteiger partial charge in [-0.05, 0) is 70.2 Å². The number of nitrogens with zero attached hydrogens (tertiary/aromatic N) is 2. The SMILES string of the molecule is Cc1ccc2c(c1)C1(CCN(C3CC3)CC1)CN2C(=O)NC1CCCCC1. The Morgan fingerprint density at radius 1 is 1.07 bits per heavy atom. The molecule has 146 valence electrons. The predicted octanol–water partition coefficient (Wildman–Crippen LogP) is 4.35. The molecular weight excluding hydrogens is 334 g/mol. The fraction of sp³-hybridized carbons (Fsp3) is 0.696. The summed E-state index contributed by atoms with van der Waals surface area (Å²) in [5, 5.41) is 3.35. The number of benzene rings is 1. The number of amides is 2. The van der Waals surface area contributed by atoms with E-state index in [0.29, 0.717) is 6.04 Å². The van der Waals surface area contributed by atoms with Crippen LogP contribution in [0.5, 0.6) is 0 Å². The Kier molecular flexibility index (Phi) is 4.42. The third kappa shape index (κ3) is 3.26. The number of nitrogens with one attached hydrogen (secondary N) is 1. The van der Waals surface area contributed by atoms with Crippen molar-refractivity contribution in [1.29, 1.82) is 0 Å². The highest BCUT2D eigenvalue weighted by Gasteiger charge is 2.48. The number of piperidine rings is 1. The molecule has 1 aromatic rings. The molecule has 4 heteroatoms. The van der Waals surface area contributed by atoms with Crippen LogP contribution in [0.3, 0.4) is 0 Å². The number of fused-ring (bicyclic) bond motifs is 2. The second-order valence-electron chi connectivity index (χ2n) is 9.44. The molecule has 5 rings (SSSR count). The van der Waals surface area contributed by atoms with Crippen molar-refractivity contribution < 1.29 is 4.79 Å². The van der Waals surface area contributed by atoms with Gasteiger partial charge in [0, 0.05) is 29.7 Å². The van der Waals surface area contributed by atoms with Crippen molar-refractivity contribution in [3.63, 3.8) is 0 Å². The van der Waals surface area contributed by atoms with Crippen LogP contribution < -0.4 is 10.2 Å². The third-order valence-corrected chi connectivity index (χ3v) is 7.47. The monoisotopic (exact) mass is 367 g/mol. The third-order valence-electron chi connectivity index (χ3n) is 7.47. The largest absolute Gasteiger partial charge is 0.335 e. The minimum absolute atomic E-state index is 0.133. The van der Waals surface area contributed by atoms with Gasteiger partial charge < -0.3 is 10.2 Å². The second kappa shape index (κ2) is 6.80. The maximum absolute atomic E-state index is 13.2. The molecule has 2 aliphatic heterocycles. The van der Waals surface area contributed by atoms with Gasteiger partial charge in [-0.2, -0.15) is 0 Å². The number of hydrogen-bond donors (Lipinski definition) is 1. The zero-order valence-electron chi connectivity index (χ0n) is 16.7. The maximum atomic E-state index is 13.2. The summed E-state index contributed by atoms with van der Waals surface area (Å²) in [6.45, 7) is 5.42. The number of carbonyl (C=O) groups is 1. The molecule has 27 heavy (non-hydrogen) atoms. The molecule has 2 amide bonds. The van der Waals surface area contributed by atoms with Crippen LogP contribution in [0.15, 0.2) is 18.2 Å². The molecule has 2 aliphatic carbocycles. The summed E-state index contributed by atoms with van der Waals surface area (Å²) >= 11 is 0. The molecule has 1 N–H and O–H groups in total. The van der Waals surface area contributed by atoms with Crippen LogP contribution in [0.4, 0.5) is 10.5 Å². The Balaban J connectivity index is 1.37. The average Bonchev–Trinajstić information content (AvgIpc) is 3.48. The molecule has 3 fully saturated rings. The minimum Gasteiger partial charge on any atom is -0.335 e. The predicted molar refractivity (Wildman–Crippen MR) is 109 cm³/mol. The van der Waals surface area contributed by atoms with Crippen LogP contribution in [0, 0.1) is 6.92 Å². The van der Waals surface area contributed by atoms with Crippen molar-refractivity contribution in [2.75, 3.05) is 24.5 Å². The highest BCUT2D eigenvalue weighted by atomic mass is 16.2. The van der Waals surface area contributed by atoms with Gasteiger partial charge in [0.15, 0.2) is 0 Å². The molecule has 0 aromatic heterocycles. The Hall–Kier alpha value is -1.55. The zero-order chi connectivity index (χ0) is 18.4. The van der Waals surface area contributed by atoms with Gasteiger partial charge in [0.05, 0.1) is 0 Å². The smallest absolute Gasteiger partial charge is 0.322 e. The molecule has 0 bridgehead atoms. The Labute approximate surface area is 163 Å². The van der Waals surface area contributed by atoms with Crippen molar-refractivity contribution in [2.45, 2.75) is 82.2 Å². The first-order valence-electron chi connectivity index (χ1n) is 11.1. The van der Waals surface area contributed by atoms with Crippen molar-refractivity contribution >= 4 is 11.7 Å². The number of aryl methyl sites for hydroxylation is 1. The molecule has 4 aliphatic rings. The van der Waals surface area contributed by atoms with Gasteiger partial charge >= 0.3 is 6.03 Å². The Morgan fingerprint density at radius 3 is 2.52 bits per heavy atom. The summed E-state index contributed by atoms with van der Waals surface area (Å²) in [7, 11) is 0. The summed E-state index contributed by atoms with van der Waals surface area (Å²) in [5.74, 6) is 0. The van der Waals surface area contributed by atoms with Crippen molar-refractivity contribution in [3.05, 3.63) is 29.3 Å². The summed E-state index contributed by atoms with van der Waals surface area (Å²) in [6, 6.07) is 8.06. The fourth-order valence-electron chi connectivity index (χ4n) is 5.65. The molecule has 2 saturated carbocycles. The average molecular weight is 368 g/mol. The van der Waals surface area contributed by atoms with Gasteiger partial charge in [-0.3, -0.25) is 4.90 Å². The van der Waals surface area contributed by atoms with Gasteiger partial charge in [0.25, 0.3) is 0 Å². The van der Waals surface area contributed by atoms with E-state index in [1.54, 1.807) is 0 Å². The van der Waals surface area contributed by atoms with E-state index < -0.39 is 0 Å². The summed E-state index contributed by atoms with van der Waals surface area (Å²) in [4.78, 5) is 17.9. The van der Waals surface area contributed by atoms with Crippen LogP contribution in [0.2, 0.25) is 0 Å². The van der Waals surface area contributed by atoms with Gasteiger partial charge in [-0.15, -0.1) is 0 Å². The number of urea groups is 1. The first-order valence-corrected chi connectivity index (χ1v) is 11.1. The lowest BCUT2D eigenvalue weighted by atomic mass is 9.74. The van der Waals surface area contributed by atoms with Crippen molar-refractivity contribution in [2.24, 2.45) is 0 Å². The first-order chi connectivity index (χ1) is 13.1. The van der Waals surface area contributed by atoms with E-state index in [1.165, 1.54) is 69.2 Å². The van der Waals surface area contributed by atoms with E-state index >= 15 is 0 Å². The number of hydrogen-bond acceptors (Lipinski definition) is 2. The van der Waals surface area contributed by atoms with Gasteiger partial charge in [-0.25, -0.2) is 4.79 Å². The lowest BCUT2D eigenvalue weighted by Gasteiger charge is -2.40. The standard InChI is InChI=1S/C23H33N3O/c1-17-7-10-21-20(15-17)23(11-13-25(14-12-23)19-8-9-19)16-26(21)22(27)24-18-5-3-2-4-6-18/h7,10,15,18-19H,2-6,8-9,11-14,16H2,1H3,(H,24,27). The highest BCUT2D eigenvalue weighted by molar-refractivity contribution is 5.95. The normalized spacial score (nSPS) is 25.6. The highest BCUT2D eigenvalue weighted by Crippen LogP contribution is 2.48. The lowest BCUT2D eigenvalue weighted by molar-refractivity contribution is 0.158. The van der Waals surface area contributed by atoms with Gasteiger partial charge in [0.1, 0.15) is 0 Å². The fourth-order valence-corrected chi connectivity index (χ4v) is 5.65. The van der Waals surface area contributed by atoms with E-state index in [1.807, 2.05) is 0 Å². The molecule has 0 radical (unpaired) electrons. The first kappa shape index (κ1) is 17.5. The van der Waals surface area contributed by atoms with Crippen LogP contribution in [0.1, 0.15) is 68.9 Å². The number of likely N-dealkylation sites (tertiary alicyclic amines) is 1. The number of rotatable bonds is 2. The molecule has 1 saturated heterocycles. The van der Waals surface area contributed by atoms with Gasteiger partial charge in [-0.1, -0.05) is 37.0 Å². The molecular formula is C23H33N3O. The molecule has 0 atom stereocenters. The van der Waals surface area contributed by atoms with E-state index in [-0.39, 0.29) is 11.4 Å². The Morgan fingerprint density at radius 2 is 1.81 bits per heavy atom. The molecule has 0 unspecified atom stereocenters. The lowest BCUT2D eigenvalue weighted by Crippen LogP contribution is -2.50. The minimum atomic E-state index is 0.133. The Bertz CT molecular complexity index is 712. The van der Waals surface area contributed by atoms with Gasteiger partial charge in [0.2, 0.25) is 0 Å². The van der Waals surface area contributed by atoms with E-state index in [4.69, 9.17) is 0 Å². The summed E-state index contributed by atoms with van der Waals surface area (Å²) in [6.07, 6.45) is 11.3. The zero-order valence-corrected chi connectivity index (χ0v) is 16.7. The van der Waals surface area contributed by atoms with Crippen LogP contribution in [0.25, 0.3) is 0 Å².